The van der Waals surface area contributed by atoms with Crippen LogP contribution in [-0.4, -0.2) is 87.8 Å². The van der Waals surface area contributed by atoms with Crippen LogP contribution in [0.2, 0.25) is 0 Å². The molecule has 1 N–H and O–H groups in total. The Morgan fingerprint density at radius 2 is 1.33 bits per heavy atom. The lowest BCUT2D eigenvalue weighted by Gasteiger charge is -2.46. The van der Waals surface area contributed by atoms with Gasteiger partial charge >= 0.3 is 6.30 Å². The lowest BCUT2D eigenvalue weighted by Crippen LogP contribution is -2.57. The molecule has 15 heteroatoms. The van der Waals surface area contributed by atoms with Crippen LogP contribution < -0.4 is 20.3 Å². The molecule has 11 nitrogen and oxygen atoms in total. The van der Waals surface area contributed by atoms with Crippen molar-refractivity contribution in [2.75, 3.05) is 55.7 Å². The van der Waals surface area contributed by atoms with Gasteiger partial charge in [-0.3, -0.25) is 4.79 Å². The molecular weight excluding hydrogens is 830 g/mol. The highest BCUT2D eigenvalue weighted by molar-refractivity contribution is 7.91. The molecule has 0 radical (unpaired) electrons. The van der Waals surface area contributed by atoms with Crippen LogP contribution >= 0.6 is 0 Å². The molecule has 0 bridgehead atoms. The summed E-state index contributed by atoms with van der Waals surface area (Å²) in [6.45, 7) is 1.67. The van der Waals surface area contributed by atoms with E-state index in [2.05, 4.69) is 10.6 Å². The van der Waals surface area contributed by atoms with Gasteiger partial charge in [-0.1, -0.05) is 127 Å². The van der Waals surface area contributed by atoms with Crippen molar-refractivity contribution in [2.45, 2.75) is 29.8 Å². The maximum Gasteiger partial charge on any atom is 0.505 e. The summed E-state index contributed by atoms with van der Waals surface area (Å²) in [5.41, 5.74) is 3.90. The lowest BCUT2D eigenvalue weighted by molar-refractivity contribution is -0.218. The summed E-state index contributed by atoms with van der Waals surface area (Å²) >= 11 is 0. The number of anilines is 2. The molecule has 9 rings (SSSR count). The second kappa shape index (κ2) is 16.9. The molecule has 0 spiro atoms. The van der Waals surface area contributed by atoms with Gasteiger partial charge in [-0.15, -0.1) is 18.3 Å². The Morgan fingerprint density at radius 3 is 1.90 bits per heavy atom. The van der Waals surface area contributed by atoms with Gasteiger partial charge in [0.15, 0.2) is 15.6 Å². The Morgan fingerprint density at radius 1 is 0.778 bits per heavy atom. The number of amides is 1. The Hall–Kier alpha value is -6.58. The Bertz CT molecular complexity index is 2670. The van der Waals surface area contributed by atoms with E-state index in [0.717, 1.165) is 11.4 Å². The minimum atomic E-state index is -5.07. The highest BCUT2D eigenvalue weighted by atomic mass is 32.2. The maximum absolute atomic E-state index is 16.2. The number of alkyl halides is 3. The first kappa shape index (κ1) is 41.8. The molecule has 2 fully saturated rings. The number of ether oxygens (including phenoxy) is 2. The molecule has 2 saturated heterocycles. The van der Waals surface area contributed by atoms with E-state index < -0.39 is 32.7 Å². The number of para-hydroxylation sites is 1. The second-order valence-electron chi connectivity index (χ2n) is 15.8. The molecule has 3 aliphatic heterocycles. The Kier molecular flexibility index (Phi) is 11.2. The fraction of sp³-hybridized carbons (Fsp3) is 0.250. The first-order chi connectivity index (χ1) is 30.5. The summed E-state index contributed by atoms with van der Waals surface area (Å²) in [7, 11) is -4.30. The van der Waals surface area contributed by atoms with Crippen LogP contribution in [0.15, 0.2) is 145 Å². The van der Waals surface area contributed by atoms with Crippen molar-refractivity contribution in [2.24, 2.45) is 5.10 Å². The van der Waals surface area contributed by atoms with Gasteiger partial charge in [0.2, 0.25) is 5.91 Å². The van der Waals surface area contributed by atoms with E-state index in [-0.39, 0.29) is 54.1 Å². The zero-order valence-electron chi connectivity index (χ0n) is 34.4. The van der Waals surface area contributed by atoms with Crippen LogP contribution in [0.5, 0.6) is 11.5 Å². The van der Waals surface area contributed by atoms with E-state index >= 15 is 18.0 Å². The summed E-state index contributed by atoms with van der Waals surface area (Å²) in [5, 5.41) is 3.01. The topological polar surface area (TPSA) is 107 Å². The van der Waals surface area contributed by atoms with Crippen LogP contribution in [0, 0.1) is 0 Å². The number of sulfone groups is 1. The molecule has 324 valence electrons. The fourth-order valence-electron chi connectivity index (χ4n) is 9.10. The molecule has 2 unspecified atom stereocenters. The van der Waals surface area contributed by atoms with Crippen LogP contribution in [0.3, 0.4) is 0 Å². The molecule has 63 heavy (non-hydrogen) atoms. The minimum Gasteiger partial charge on any atom is -0.454 e. The summed E-state index contributed by atoms with van der Waals surface area (Å²) in [4.78, 5) is 19.8. The van der Waals surface area contributed by atoms with Crippen molar-refractivity contribution in [3.8, 4) is 33.8 Å². The smallest absolute Gasteiger partial charge is 0.454 e. The van der Waals surface area contributed by atoms with Crippen LogP contribution in [0.4, 0.5) is 24.5 Å². The van der Waals surface area contributed by atoms with Crippen LogP contribution in [0.1, 0.15) is 24.0 Å². The summed E-state index contributed by atoms with van der Waals surface area (Å²) < 4.78 is 89.3. The van der Waals surface area contributed by atoms with Crippen molar-refractivity contribution in [3.63, 3.8) is 0 Å². The highest BCUT2D eigenvalue weighted by Gasteiger charge is 2.58. The number of hydrazone groups is 1. The third kappa shape index (κ3) is 7.80. The normalized spacial score (nSPS) is 20.2. The minimum absolute atomic E-state index is 0.00643. The Balaban J connectivity index is 1.54. The molecule has 2 atom stereocenters. The van der Waals surface area contributed by atoms with E-state index in [4.69, 9.17) is 9.47 Å². The maximum atomic E-state index is 16.2. The van der Waals surface area contributed by atoms with Gasteiger partial charge in [-0.2, -0.15) is 15.7 Å². The SMILES string of the molecule is CS(=O)(=O)C1C=C(c2ccccc2)C=CC1(C(=O)N1CCCC1)c1c(N2CCOCC2)c(-c2ccccc2)c(-c2ccccc2)c(Oc2ccccc2)c1N1NN=CN1C(F)(F)F. The predicted molar refractivity (Wildman–Crippen MR) is 239 cm³/mol. The predicted octanol–water partition coefficient (Wildman–Crippen LogP) is 8.58. The first-order valence-corrected chi connectivity index (χ1v) is 22.7. The van der Waals surface area contributed by atoms with Gasteiger partial charge in [0.25, 0.3) is 0 Å². The van der Waals surface area contributed by atoms with Crippen LogP contribution in [-0.2, 0) is 24.8 Å². The second-order valence-corrected chi connectivity index (χ2v) is 18.0. The number of nitrogens with zero attached hydrogens (tertiary/aromatic N) is 5. The number of likely N-dealkylation sites (tertiary alicyclic amines) is 1. The largest absolute Gasteiger partial charge is 0.505 e. The first-order valence-electron chi connectivity index (χ1n) is 20.8. The van der Waals surface area contributed by atoms with Crippen LogP contribution in [0.25, 0.3) is 27.8 Å². The fourth-order valence-corrected chi connectivity index (χ4v) is 10.5. The molecule has 3 heterocycles. The average Bonchev–Trinajstić information content (AvgIpc) is 4.04. The molecule has 5 aromatic carbocycles. The van der Waals surface area contributed by atoms with Crippen molar-refractivity contribution in [3.05, 3.63) is 151 Å². The number of halogens is 3. The summed E-state index contributed by atoms with van der Waals surface area (Å²) in [6.07, 6.45) is 2.84. The average molecular weight is 875 g/mol. The van der Waals surface area contributed by atoms with E-state index in [1.807, 2.05) is 95.9 Å². The molecular formula is C48H45F3N6O5S. The van der Waals surface area contributed by atoms with Crippen molar-refractivity contribution >= 4 is 39.0 Å². The number of carbonyl (C=O) groups is 1. The number of carbonyl (C=O) groups excluding carboxylic acids is 1. The third-order valence-electron chi connectivity index (χ3n) is 11.9. The van der Waals surface area contributed by atoms with Gasteiger partial charge in [0.05, 0.1) is 18.9 Å². The van der Waals surface area contributed by atoms with Gasteiger partial charge in [-0.05, 0) is 47.2 Å². The quantitative estimate of drug-likeness (QED) is 0.138. The highest BCUT2D eigenvalue weighted by Crippen LogP contribution is 2.60. The standard InChI is InChI=1S/C48H45F3N6O5S/c1-63(59,60)39-32-37(34-16-6-2-7-17-34)24-25-47(39,46(58)55-26-14-15-27-55)42-43(54-28-30-61-31-29-54)40(35-18-8-3-9-19-35)41(36-20-10-4-11-21-36)45(62-38-22-12-5-13-23-38)44(42)57-53-52-33-56(57)48(49,50)51/h2-13,16-25,32-33,39,53H,14-15,26-31H2,1H3. The zero-order chi connectivity index (χ0) is 43.8. The number of hydrogen-bond donors (Lipinski definition) is 1. The molecule has 1 amide bonds. The van der Waals surface area contributed by atoms with E-state index in [1.165, 1.54) is 0 Å². The molecule has 4 aliphatic rings. The number of benzene rings is 5. The summed E-state index contributed by atoms with van der Waals surface area (Å²) in [6, 6.07) is 36.4. The third-order valence-corrected chi connectivity index (χ3v) is 13.3. The Labute approximate surface area is 364 Å². The molecule has 0 aromatic heterocycles. The van der Waals surface area contributed by atoms with E-state index in [1.54, 1.807) is 53.5 Å². The van der Waals surface area contributed by atoms with Gasteiger partial charge in [-0.25, -0.2) is 8.42 Å². The van der Waals surface area contributed by atoms with Crippen molar-refractivity contribution in [1.29, 1.82) is 0 Å². The van der Waals surface area contributed by atoms with E-state index in [9.17, 15) is 8.42 Å². The molecule has 1 aliphatic carbocycles. The van der Waals surface area contributed by atoms with Gasteiger partial charge in [0.1, 0.15) is 28.4 Å². The zero-order valence-corrected chi connectivity index (χ0v) is 35.2. The molecule has 5 aromatic rings. The summed E-state index contributed by atoms with van der Waals surface area (Å²) in [5.74, 6) is -0.358. The molecule has 0 saturated carbocycles. The number of allylic oxidation sites excluding steroid dienone is 2. The van der Waals surface area contributed by atoms with E-state index in [0.29, 0.717) is 71.3 Å². The number of nitrogens with one attached hydrogen (secondary N) is 1. The van der Waals surface area contributed by atoms with Gasteiger partial charge < -0.3 is 19.3 Å². The van der Waals surface area contributed by atoms with Crippen molar-refractivity contribution < 1.29 is 35.9 Å². The number of hydrazine groups is 2. The van der Waals surface area contributed by atoms with Gasteiger partial charge in [0, 0.05) is 49.1 Å². The lowest BCUT2D eigenvalue weighted by atomic mass is 9.68. The monoisotopic (exact) mass is 874 g/mol. The number of rotatable bonds is 10. The number of morpholine rings is 1. The van der Waals surface area contributed by atoms with Crippen molar-refractivity contribution in [1.82, 2.24) is 15.4 Å². The number of hydrogen-bond acceptors (Lipinski definition) is 10.